The van der Waals surface area contributed by atoms with Crippen LogP contribution in [-0.2, 0) is 44.8 Å². The number of rotatable bonds is 16. The van der Waals surface area contributed by atoms with Crippen molar-refractivity contribution >= 4 is 47.3 Å². The third-order valence-corrected chi connectivity index (χ3v) is 12.8. The summed E-state index contributed by atoms with van der Waals surface area (Å²) in [6, 6.07) is -0.0336. The molecule has 1 heterocycles. The Morgan fingerprint density at radius 2 is 0.831 bits per heavy atom. The van der Waals surface area contributed by atoms with Crippen molar-refractivity contribution in [2.24, 2.45) is 35.3 Å². The van der Waals surface area contributed by atoms with Crippen molar-refractivity contribution in [3.05, 3.63) is 35.9 Å². The fourth-order valence-electron chi connectivity index (χ4n) is 7.52. The molecule has 0 saturated carbocycles. The molecular formula is C48H81N9O8. The van der Waals surface area contributed by atoms with E-state index in [1.54, 1.807) is 39.8 Å². The van der Waals surface area contributed by atoms with E-state index >= 15 is 0 Å². The molecule has 0 aliphatic carbocycles. The quantitative estimate of drug-likeness (QED) is 0.110. The van der Waals surface area contributed by atoms with Crippen LogP contribution in [0.3, 0.4) is 0 Å². The van der Waals surface area contributed by atoms with Crippen molar-refractivity contribution in [3.8, 4) is 0 Å². The second-order valence-electron chi connectivity index (χ2n) is 18.5. The zero-order valence-corrected chi connectivity index (χ0v) is 40.8. The van der Waals surface area contributed by atoms with Crippen LogP contribution in [0.2, 0.25) is 0 Å². The van der Waals surface area contributed by atoms with E-state index < -0.39 is 119 Å². The van der Waals surface area contributed by atoms with E-state index in [-0.39, 0.29) is 25.2 Å². The molecule has 1 aliphatic heterocycles. The van der Waals surface area contributed by atoms with Gasteiger partial charge >= 0.3 is 0 Å². The van der Waals surface area contributed by atoms with Gasteiger partial charge in [-0.3, -0.25) is 38.4 Å². The number of nitrogens with two attached hydrogens (primary N) is 1. The highest BCUT2D eigenvalue weighted by atomic mass is 16.2. The minimum atomic E-state index is -1.20. The molecule has 0 bridgehead atoms. The molecule has 8 amide bonds. The van der Waals surface area contributed by atoms with E-state index in [9.17, 15) is 38.4 Å². The number of carbonyl (C=O) groups excluding carboxylic acids is 8. The summed E-state index contributed by atoms with van der Waals surface area (Å²) in [4.78, 5) is 113. The Kier molecular flexibility index (Phi) is 24.2. The molecule has 65 heavy (non-hydrogen) atoms. The van der Waals surface area contributed by atoms with Gasteiger partial charge in [0.1, 0.15) is 48.3 Å². The molecule has 17 nitrogen and oxygen atoms in total. The molecule has 1 fully saturated rings. The van der Waals surface area contributed by atoms with Crippen molar-refractivity contribution in [3.63, 3.8) is 0 Å². The van der Waals surface area contributed by atoms with Crippen molar-refractivity contribution in [2.75, 3.05) is 6.54 Å². The van der Waals surface area contributed by atoms with Gasteiger partial charge in [0.15, 0.2) is 0 Å². The second kappa shape index (κ2) is 28.1. The average molecular weight is 912 g/mol. The van der Waals surface area contributed by atoms with E-state index in [0.29, 0.717) is 45.1 Å². The summed E-state index contributed by atoms with van der Waals surface area (Å²) in [5, 5.41) is 22.6. The Hall–Kier alpha value is -5.06. The van der Waals surface area contributed by atoms with E-state index in [0.717, 1.165) is 5.56 Å². The predicted molar refractivity (Wildman–Crippen MR) is 251 cm³/mol. The summed E-state index contributed by atoms with van der Waals surface area (Å²) in [5.41, 5.74) is 6.53. The summed E-state index contributed by atoms with van der Waals surface area (Å²) in [7, 11) is 0. The number of hydrogen-bond acceptors (Lipinski definition) is 9. The summed E-state index contributed by atoms with van der Waals surface area (Å²) in [6.07, 6.45) is 3.35. The third kappa shape index (κ3) is 17.7. The maximum absolute atomic E-state index is 14.4. The fourth-order valence-corrected chi connectivity index (χ4v) is 7.52. The van der Waals surface area contributed by atoms with Gasteiger partial charge in [0.2, 0.25) is 47.3 Å². The van der Waals surface area contributed by atoms with E-state index in [1.165, 1.54) is 6.92 Å². The van der Waals surface area contributed by atoms with Crippen LogP contribution in [-0.4, -0.2) is 102 Å². The molecule has 0 aromatic heterocycles. The Bertz CT molecular complexity index is 1730. The molecule has 1 aromatic carbocycles. The third-order valence-electron chi connectivity index (χ3n) is 12.8. The largest absolute Gasteiger partial charge is 0.343 e. The summed E-state index contributed by atoms with van der Waals surface area (Å²) in [5.74, 6) is -6.79. The van der Waals surface area contributed by atoms with Crippen molar-refractivity contribution in [1.82, 2.24) is 42.5 Å². The zero-order chi connectivity index (χ0) is 49.0. The van der Waals surface area contributed by atoms with Crippen molar-refractivity contribution in [1.29, 1.82) is 0 Å². The molecule has 0 unspecified atom stereocenters. The Labute approximate surface area is 387 Å². The van der Waals surface area contributed by atoms with Gasteiger partial charge in [0.25, 0.3) is 0 Å². The highest BCUT2D eigenvalue weighted by molar-refractivity contribution is 5.99. The van der Waals surface area contributed by atoms with E-state index in [4.69, 9.17) is 5.73 Å². The van der Waals surface area contributed by atoms with Gasteiger partial charge < -0.3 is 48.3 Å². The lowest BCUT2D eigenvalue weighted by atomic mass is 9.94. The molecule has 1 aliphatic rings. The molecule has 17 heteroatoms. The SMILES string of the molecule is CC[C@@H](C)[C@H]1NC(=O)[C@H](CCCCN)NC(=O)[C@@H]([C@H](C)CC)NC(=O)[C@H]([C@@H](C)CC)NC(=O)[C@@H](C)NC(=O)[C@H]([C@@H](C)CC)NC(=O)[C@@H](CC(C)C)NC(=O)[C@@H](Cc2ccccc2)NC1=O. The molecule has 366 valence electrons. The normalized spacial score (nSPS) is 27.0. The van der Waals surface area contributed by atoms with E-state index in [1.807, 2.05) is 59.7 Å². The van der Waals surface area contributed by atoms with Crippen LogP contribution in [0.25, 0.3) is 0 Å². The number of carbonyl (C=O) groups is 8. The number of amides is 8. The van der Waals surface area contributed by atoms with Crippen LogP contribution in [0.5, 0.6) is 0 Å². The van der Waals surface area contributed by atoms with Gasteiger partial charge in [-0.25, -0.2) is 0 Å². The first-order chi connectivity index (χ1) is 30.7. The highest BCUT2D eigenvalue weighted by Gasteiger charge is 2.38. The van der Waals surface area contributed by atoms with Crippen LogP contribution < -0.4 is 48.3 Å². The van der Waals surface area contributed by atoms with Gasteiger partial charge in [0.05, 0.1) is 0 Å². The monoisotopic (exact) mass is 912 g/mol. The summed E-state index contributed by atoms with van der Waals surface area (Å²) < 4.78 is 0. The average Bonchev–Trinajstić information content (AvgIpc) is 3.28. The van der Waals surface area contributed by atoms with Crippen molar-refractivity contribution < 1.29 is 38.4 Å². The Morgan fingerprint density at radius 1 is 0.462 bits per heavy atom. The Morgan fingerprint density at radius 3 is 1.28 bits per heavy atom. The summed E-state index contributed by atoms with van der Waals surface area (Å²) in [6.45, 7) is 20.2. The molecular weight excluding hydrogens is 831 g/mol. The molecule has 1 saturated heterocycles. The first kappa shape index (κ1) is 56.1. The van der Waals surface area contributed by atoms with E-state index in [2.05, 4.69) is 42.5 Å². The van der Waals surface area contributed by atoms with Gasteiger partial charge in [-0.2, -0.15) is 0 Å². The number of hydrogen-bond donors (Lipinski definition) is 9. The lowest BCUT2D eigenvalue weighted by Crippen LogP contribution is -2.63. The minimum absolute atomic E-state index is 0.0475. The number of benzene rings is 1. The topological polar surface area (TPSA) is 259 Å². The van der Waals surface area contributed by atoms with Crippen molar-refractivity contribution in [2.45, 2.75) is 182 Å². The molecule has 10 N–H and O–H groups in total. The lowest BCUT2D eigenvalue weighted by molar-refractivity contribution is -0.138. The molecule has 0 radical (unpaired) electrons. The van der Waals surface area contributed by atoms with Crippen LogP contribution in [0.4, 0.5) is 0 Å². The number of nitrogens with one attached hydrogen (secondary N) is 8. The smallest absolute Gasteiger partial charge is 0.243 e. The lowest BCUT2D eigenvalue weighted by Gasteiger charge is -2.32. The predicted octanol–water partition coefficient (Wildman–Crippen LogP) is 2.50. The first-order valence-corrected chi connectivity index (χ1v) is 23.9. The first-order valence-electron chi connectivity index (χ1n) is 23.9. The minimum Gasteiger partial charge on any atom is -0.343 e. The Balaban J connectivity index is 2.81. The van der Waals surface area contributed by atoms with Crippen LogP contribution >= 0.6 is 0 Å². The van der Waals surface area contributed by atoms with Crippen LogP contribution in [0, 0.1) is 29.6 Å². The van der Waals surface area contributed by atoms with Crippen LogP contribution in [0.1, 0.15) is 133 Å². The summed E-state index contributed by atoms with van der Waals surface area (Å²) >= 11 is 0. The molecule has 2 rings (SSSR count). The highest BCUT2D eigenvalue weighted by Crippen LogP contribution is 2.17. The fraction of sp³-hybridized carbons (Fsp3) is 0.708. The second-order valence-corrected chi connectivity index (χ2v) is 18.5. The van der Waals surface area contributed by atoms with Gasteiger partial charge in [0, 0.05) is 6.42 Å². The number of unbranched alkanes of at least 4 members (excludes halogenated alkanes) is 1. The molecule has 1 aromatic rings. The van der Waals surface area contributed by atoms with Gasteiger partial charge in [-0.15, -0.1) is 0 Å². The standard InChI is InChI=1S/C48H81N9O8/c1-12-28(7)37-45(62)50-32(11)41(58)54-40(31(10)15-4)48(65)57-39(30(9)14-3)46(63)51-34(23-19-20-24-49)42(59)55-38(29(8)13-2)47(64)53-36(26-33-21-17-16-18-22-33)43(60)52-35(25-27(5)6)44(61)56-37/h16-18,21-22,27-32,34-40H,12-15,19-20,23-26,49H2,1-11H3,(H,50,62)(H,51,63)(H,52,60)(H,53,64)(H,54,58)(H,55,59)(H,56,61)(H,57,65)/t28-,29+,30+,31-,32+,34-,35+,36+,37-,38+,39+,40-/m0/s1. The molecule has 12 atom stereocenters. The van der Waals surface area contributed by atoms with Gasteiger partial charge in [-0.1, -0.05) is 125 Å². The molecule has 0 spiro atoms. The van der Waals surface area contributed by atoms with Crippen LogP contribution in [0.15, 0.2) is 30.3 Å². The zero-order valence-electron chi connectivity index (χ0n) is 40.8. The maximum Gasteiger partial charge on any atom is 0.243 e. The van der Waals surface area contributed by atoms with Gasteiger partial charge in [-0.05, 0) is 74.3 Å². The maximum atomic E-state index is 14.4.